The number of carbonyl (C=O) groups is 1. The number of esters is 1. The van der Waals surface area contributed by atoms with Gasteiger partial charge in [0, 0.05) is 6.07 Å². The minimum absolute atomic E-state index is 0.327. The molecule has 0 saturated carbocycles. The van der Waals surface area contributed by atoms with Crippen molar-refractivity contribution in [1.82, 2.24) is 0 Å². The number of methoxy groups -OCH3 is 3. The predicted molar refractivity (Wildman–Crippen MR) is 91.2 cm³/mol. The average molecular weight is 328 g/mol. The highest BCUT2D eigenvalue weighted by molar-refractivity contribution is 6.16. The summed E-state index contributed by atoms with van der Waals surface area (Å²) in [7, 11) is 4.41. The van der Waals surface area contributed by atoms with Gasteiger partial charge in [0.05, 0.1) is 27.6 Å². The number of ether oxygens (including phenoxy) is 4. The van der Waals surface area contributed by atoms with E-state index < -0.39 is 5.97 Å². The first-order chi connectivity index (χ1) is 11.6. The Morgan fingerprint density at radius 3 is 2.33 bits per heavy atom. The molecule has 2 rings (SSSR count). The lowest BCUT2D eigenvalue weighted by Crippen LogP contribution is -2.06. The van der Waals surface area contributed by atoms with Crippen molar-refractivity contribution in [2.75, 3.05) is 21.3 Å². The van der Waals surface area contributed by atoms with Crippen LogP contribution in [0.25, 0.3) is 5.57 Å². The van der Waals surface area contributed by atoms with Crippen molar-refractivity contribution in [2.24, 2.45) is 0 Å². The lowest BCUT2D eigenvalue weighted by Gasteiger charge is -2.12. The Morgan fingerprint density at radius 2 is 1.67 bits per heavy atom. The fourth-order valence-electron chi connectivity index (χ4n) is 2.20. The highest BCUT2D eigenvalue weighted by Gasteiger charge is 2.16. The molecule has 0 N–H and O–H groups in total. The maximum absolute atomic E-state index is 12.0. The Balaban J connectivity index is 2.37. The largest absolute Gasteiger partial charge is 0.503 e. The molecule has 0 bridgehead atoms. The molecule has 0 aliphatic heterocycles. The quantitative estimate of drug-likeness (QED) is 0.456. The van der Waals surface area contributed by atoms with Crippen LogP contribution in [0.15, 0.2) is 48.7 Å². The van der Waals surface area contributed by atoms with E-state index >= 15 is 0 Å². The van der Waals surface area contributed by atoms with Gasteiger partial charge in [0.25, 0.3) is 0 Å². The summed E-state index contributed by atoms with van der Waals surface area (Å²) in [6, 6.07) is 12.8. The van der Waals surface area contributed by atoms with Gasteiger partial charge in [-0.25, -0.2) is 4.79 Å². The van der Waals surface area contributed by atoms with Gasteiger partial charge >= 0.3 is 5.97 Å². The Bertz CT molecular complexity index is 749. The Labute approximate surface area is 141 Å². The SMILES string of the molecule is CO/C=C(/C(=O)OC)c1cc(Oc2cccc(OC)c2)ccc1C. The lowest BCUT2D eigenvalue weighted by molar-refractivity contribution is -0.133. The summed E-state index contributed by atoms with van der Waals surface area (Å²) in [5, 5.41) is 0. The monoisotopic (exact) mass is 328 g/mol. The van der Waals surface area contributed by atoms with Gasteiger partial charge in [0.15, 0.2) is 0 Å². The summed E-state index contributed by atoms with van der Waals surface area (Å²) < 4.78 is 20.9. The van der Waals surface area contributed by atoms with Gasteiger partial charge in [-0.1, -0.05) is 12.1 Å². The molecule has 0 atom stereocenters. The Kier molecular flexibility index (Phi) is 5.84. The van der Waals surface area contributed by atoms with Crippen LogP contribution in [0.1, 0.15) is 11.1 Å². The van der Waals surface area contributed by atoms with Gasteiger partial charge in [-0.05, 0) is 42.3 Å². The smallest absolute Gasteiger partial charge is 0.341 e. The number of benzene rings is 2. The van der Waals surface area contributed by atoms with Crippen molar-refractivity contribution in [3.05, 3.63) is 59.9 Å². The third-order valence-corrected chi connectivity index (χ3v) is 3.42. The van der Waals surface area contributed by atoms with Crippen molar-refractivity contribution in [1.29, 1.82) is 0 Å². The summed E-state index contributed by atoms with van der Waals surface area (Å²) in [4.78, 5) is 12.0. The molecule has 0 aromatic heterocycles. The van der Waals surface area contributed by atoms with Crippen LogP contribution in [-0.4, -0.2) is 27.3 Å². The highest BCUT2D eigenvalue weighted by Crippen LogP contribution is 2.29. The molecule has 0 fully saturated rings. The maximum atomic E-state index is 12.0. The average Bonchev–Trinajstić information content (AvgIpc) is 2.61. The van der Waals surface area contributed by atoms with E-state index in [9.17, 15) is 4.79 Å². The molecule has 0 radical (unpaired) electrons. The first kappa shape index (κ1) is 17.4. The zero-order valence-corrected chi connectivity index (χ0v) is 14.2. The predicted octanol–water partition coefficient (Wildman–Crippen LogP) is 3.96. The molecular formula is C19H20O5. The van der Waals surface area contributed by atoms with E-state index in [1.165, 1.54) is 20.5 Å². The second-order valence-corrected chi connectivity index (χ2v) is 5.02. The summed E-state index contributed by atoms with van der Waals surface area (Å²) in [5.74, 6) is 1.46. The van der Waals surface area contributed by atoms with Gasteiger partial charge in [0.2, 0.25) is 0 Å². The number of carbonyl (C=O) groups excluding carboxylic acids is 1. The van der Waals surface area contributed by atoms with E-state index in [1.54, 1.807) is 19.2 Å². The zero-order valence-electron chi connectivity index (χ0n) is 14.2. The molecule has 0 unspecified atom stereocenters. The Hall–Kier alpha value is -2.95. The lowest BCUT2D eigenvalue weighted by atomic mass is 10.0. The van der Waals surface area contributed by atoms with Gasteiger partial charge in [-0.2, -0.15) is 0 Å². The van der Waals surface area contributed by atoms with E-state index in [4.69, 9.17) is 18.9 Å². The number of rotatable bonds is 6. The molecule has 126 valence electrons. The molecular weight excluding hydrogens is 308 g/mol. The Morgan fingerprint density at radius 1 is 0.958 bits per heavy atom. The minimum atomic E-state index is -0.474. The topological polar surface area (TPSA) is 54.0 Å². The summed E-state index contributed by atoms with van der Waals surface area (Å²) in [6.07, 6.45) is 1.36. The van der Waals surface area contributed by atoms with Crippen LogP contribution >= 0.6 is 0 Å². The van der Waals surface area contributed by atoms with E-state index in [2.05, 4.69) is 0 Å². The highest BCUT2D eigenvalue weighted by atomic mass is 16.5. The number of hydrogen-bond acceptors (Lipinski definition) is 5. The molecule has 5 heteroatoms. The van der Waals surface area contributed by atoms with Gasteiger partial charge < -0.3 is 18.9 Å². The van der Waals surface area contributed by atoms with Gasteiger partial charge in [0.1, 0.15) is 22.8 Å². The second-order valence-electron chi connectivity index (χ2n) is 5.02. The molecule has 0 aliphatic carbocycles. The van der Waals surface area contributed by atoms with E-state index in [1.807, 2.05) is 37.3 Å². The minimum Gasteiger partial charge on any atom is -0.503 e. The molecule has 0 spiro atoms. The van der Waals surface area contributed by atoms with E-state index in [0.717, 1.165) is 5.56 Å². The van der Waals surface area contributed by atoms with Crippen LogP contribution < -0.4 is 9.47 Å². The van der Waals surface area contributed by atoms with Crippen molar-refractivity contribution in [3.8, 4) is 17.2 Å². The fourth-order valence-corrected chi connectivity index (χ4v) is 2.20. The van der Waals surface area contributed by atoms with Gasteiger partial charge in [-0.15, -0.1) is 0 Å². The van der Waals surface area contributed by atoms with Crippen LogP contribution in [-0.2, 0) is 14.3 Å². The molecule has 0 saturated heterocycles. The first-order valence-corrected chi connectivity index (χ1v) is 7.33. The van der Waals surface area contributed by atoms with Crippen LogP contribution in [0.2, 0.25) is 0 Å². The number of aryl methyl sites for hydroxylation is 1. The molecule has 2 aromatic rings. The summed E-state index contributed by atoms with van der Waals surface area (Å²) in [5.41, 5.74) is 1.92. The van der Waals surface area contributed by atoms with Crippen molar-refractivity contribution >= 4 is 11.5 Å². The summed E-state index contributed by atoms with van der Waals surface area (Å²) >= 11 is 0. The molecule has 0 amide bonds. The first-order valence-electron chi connectivity index (χ1n) is 7.33. The van der Waals surface area contributed by atoms with E-state index in [-0.39, 0.29) is 0 Å². The summed E-state index contributed by atoms with van der Waals surface area (Å²) in [6.45, 7) is 1.90. The number of hydrogen-bond donors (Lipinski definition) is 0. The second kappa shape index (κ2) is 8.06. The van der Waals surface area contributed by atoms with Crippen molar-refractivity contribution in [3.63, 3.8) is 0 Å². The zero-order chi connectivity index (χ0) is 17.5. The van der Waals surface area contributed by atoms with Crippen molar-refractivity contribution in [2.45, 2.75) is 6.92 Å². The van der Waals surface area contributed by atoms with Crippen LogP contribution in [0.4, 0.5) is 0 Å². The molecule has 0 aliphatic rings. The van der Waals surface area contributed by atoms with Gasteiger partial charge in [-0.3, -0.25) is 0 Å². The third kappa shape index (κ3) is 4.07. The fraction of sp³-hybridized carbons (Fsp3) is 0.211. The van der Waals surface area contributed by atoms with Crippen molar-refractivity contribution < 1.29 is 23.7 Å². The molecule has 2 aromatic carbocycles. The normalized spacial score (nSPS) is 10.9. The molecule has 5 nitrogen and oxygen atoms in total. The van der Waals surface area contributed by atoms with E-state index in [0.29, 0.717) is 28.4 Å². The van der Waals surface area contributed by atoms with Crippen LogP contribution in [0.5, 0.6) is 17.2 Å². The third-order valence-electron chi connectivity index (χ3n) is 3.42. The molecule has 24 heavy (non-hydrogen) atoms. The molecule has 0 heterocycles. The van der Waals surface area contributed by atoms with Crippen LogP contribution in [0.3, 0.4) is 0 Å². The standard InChI is InChI=1S/C19H20O5/c1-13-8-9-16(24-15-7-5-6-14(10-15)22-3)11-17(13)18(12-21-2)19(20)23-4/h5-12H,1-4H3/b18-12+. The maximum Gasteiger partial charge on any atom is 0.341 e. The van der Waals surface area contributed by atoms with Crippen LogP contribution in [0, 0.1) is 6.92 Å².